The van der Waals surface area contributed by atoms with Gasteiger partial charge in [-0.2, -0.15) is 13.2 Å². The van der Waals surface area contributed by atoms with Crippen molar-refractivity contribution in [1.29, 1.82) is 0 Å². The topological polar surface area (TPSA) is 130 Å². The minimum atomic E-state index is -4.61. The van der Waals surface area contributed by atoms with Gasteiger partial charge in [0.25, 0.3) is 11.8 Å². The predicted molar refractivity (Wildman–Crippen MR) is 187 cm³/mol. The average molecular weight is 687 g/mol. The largest absolute Gasteiger partial charge is 0.478 e. The van der Waals surface area contributed by atoms with Crippen molar-refractivity contribution < 1.29 is 32.7 Å². The second kappa shape index (κ2) is 13.8. The first-order chi connectivity index (χ1) is 23.8. The number of fused-ring (bicyclic) bond motifs is 1. The smallest absolute Gasteiger partial charge is 0.416 e. The number of alkyl halides is 3. The SMILES string of the molecule is CCN1CCN(Cc2ccc(C(=O)Nc3cccc(Nc4ccc5c(c4)NC(=O)C5=Cc4[nH]c(C)c(C(=O)O)c4C)c3)cc2C(F)(F)F)CC1. The normalized spacial score (nSPS) is 16.0. The van der Waals surface area contributed by atoms with Crippen LogP contribution in [0.3, 0.4) is 0 Å². The lowest BCUT2D eigenvalue weighted by molar-refractivity contribution is -0.138. The molecule has 50 heavy (non-hydrogen) atoms. The van der Waals surface area contributed by atoms with E-state index in [-0.39, 0.29) is 29.1 Å². The molecule has 0 unspecified atom stereocenters. The van der Waals surface area contributed by atoms with Crippen LogP contribution >= 0.6 is 0 Å². The number of nitrogens with zero attached hydrogens (tertiary/aromatic N) is 2. The Balaban J connectivity index is 1.15. The number of aromatic amines is 1. The molecule has 13 heteroatoms. The number of carbonyl (C=O) groups is 3. The molecule has 5 N–H and O–H groups in total. The Morgan fingerprint density at radius 3 is 2.32 bits per heavy atom. The monoisotopic (exact) mass is 686 g/mol. The number of nitrogens with one attached hydrogen (secondary N) is 4. The van der Waals surface area contributed by atoms with Gasteiger partial charge in [-0.3, -0.25) is 14.5 Å². The van der Waals surface area contributed by atoms with Crippen LogP contribution in [0.2, 0.25) is 0 Å². The molecular weight excluding hydrogens is 649 g/mol. The summed E-state index contributed by atoms with van der Waals surface area (Å²) in [5, 5.41) is 18.3. The Hall–Kier alpha value is -5.40. The van der Waals surface area contributed by atoms with Crippen LogP contribution in [-0.2, 0) is 17.5 Å². The Kier molecular flexibility index (Phi) is 9.54. The van der Waals surface area contributed by atoms with Crippen LogP contribution in [0.15, 0.2) is 60.7 Å². The first-order valence-electron chi connectivity index (χ1n) is 16.2. The fourth-order valence-electron chi connectivity index (χ4n) is 6.47. The third-order valence-corrected chi connectivity index (χ3v) is 9.17. The number of rotatable bonds is 9. The maximum atomic E-state index is 14.1. The minimum absolute atomic E-state index is 0.0997. The minimum Gasteiger partial charge on any atom is -0.478 e. The molecule has 0 spiro atoms. The highest BCUT2D eigenvalue weighted by Crippen LogP contribution is 2.37. The molecule has 260 valence electrons. The van der Waals surface area contributed by atoms with E-state index in [4.69, 9.17) is 0 Å². The highest BCUT2D eigenvalue weighted by molar-refractivity contribution is 6.35. The molecule has 0 radical (unpaired) electrons. The number of hydrogen-bond donors (Lipinski definition) is 5. The molecule has 2 aliphatic heterocycles. The zero-order valence-corrected chi connectivity index (χ0v) is 27.8. The van der Waals surface area contributed by atoms with Crippen molar-refractivity contribution in [1.82, 2.24) is 14.8 Å². The second-order valence-corrected chi connectivity index (χ2v) is 12.5. The lowest BCUT2D eigenvalue weighted by Gasteiger charge is -2.34. The summed E-state index contributed by atoms with van der Waals surface area (Å²) in [6.07, 6.45) is -2.98. The van der Waals surface area contributed by atoms with E-state index < -0.39 is 23.6 Å². The molecule has 1 fully saturated rings. The number of hydrogen-bond acceptors (Lipinski definition) is 6. The van der Waals surface area contributed by atoms with Crippen molar-refractivity contribution in [2.75, 3.05) is 48.7 Å². The molecule has 1 aromatic heterocycles. The summed E-state index contributed by atoms with van der Waals surface area (Å²) in [4.78, 5) is 44.9. The number of aromatic carboxylic acids is 1. The first kappa shape index (κ1) is 34.5. The van der Waals surface area contributed by atoms with E-state index in [0.717, 1.165) is 25.7 Å². The molecule has 0 aliphatic carbocycles. The summed E-state index contributed by atoms with van der Waals surface area (Å²) in [5.74, 6) is -2.05. The first-order valence-corrected chi connectivity index (χ1v) is 16.2. The van der Waals surface area contributed by atoms with Crippen molar-refractivity contribution in [3.63, 3.8) is 0 Å². The summed E-state index contributed by atoms with van der Waals surface area (Å²) in [5.41, 5.74) is 4.15. The van der Waals surface area contributed by atoms with Gasteiger partial charge in [-0.15, -0.1) is 0 Å². The van der Waals surface area contributed by atoms with Crippen molar-refractivity contribution in [3.05, 3.63) is 105 Å². The standard InChI is InChI=1S/C37H37F3N6O4/c1-4-45-12-14-46(15-13-45)20-24-9-8-23(16-30(24)37(38,39)40)34(47)43-26-7-5-6-25(17-26)42-27-10-11-28-29(35(48)44-32(28)18-27)19-31-21(2)33(36(49)50)22(3)41-31/h5-11,16-19,41-42H,4,12-15,20H2,1-3H3,(H,43,47)(H,44,48)(H,49,50). The fraction of sp³-hybridized carbons (Fsp3) is 0.270. The van der Waals surface area contributed by atoms with Gasteiger partial charge in [-0.05, 0) is 80.1 Å². The highest BCUT2D eigenvalue weighted by atomic mass is 19.4. The molecule has 1 saturated heterocycles. The summed E-state index contributed by atoms with van der Waals surface area (Å²) < 4.78 is 42.4. The number of anilines is 4. The van der Waals surface area contributed by atoms with Crippen LogP contribution in [0.5, 0.6) is 0 Å². The van der Waals surface area contributed by atoms with Crippen LogP contribution in [0.25, 0.3) is 11.6 Å². The van der Waals surface area contributed by atoms with Crippen LogP contribution in [0, 0.1) is 13.8 Å². The maximum Gasteiger partial charge on any atom is 0.416 e. The van der Waals surface area contributed by atoms with Gasteiger partial charge in [0.2, 0.25) is 0 Å². The van der Waals surface area contributed by atoms with E-state index in [9.17, 15) is 32.7 Å². The molecule has 0 atom stereocenters. The summed E-state index contributed by atoms with van der Waals surface area (Å²) >= 11 is 0. The number of carbonyl (C=O) groups excluding carboxylic acids is 2. The predicted octanol–water partition coefficient (Wildman–Crippen LogP) is 6.97. The number of piperazine rings is 1. The molecule has 4 aromatic rings. The summed E-state index contributed by atoms with van der Waals surface area (Å²) in [7, 11) is 0. The van der Waals surface area contributed by atoms with Gasteiger partial charge >= 0.3 is 12.1 Å². The molecule has 3 aromatic carbocycles. The molecule has 0 bridgehead atoms. The summed E-state index contributed by atoms with van der Waals surface area (Å²) in [6, 6.07) is 15.8. The van der Waals surface area contributed by atoms with E-state index in [1.165, 1.54) is 12.1 Å². The molecule has 0 saturated carbocycles. The third-order valence-electron chi connectivity index (χ3n) is 9.17. The Bertz CT molecular complexity index is 2010. The molecule has 2 aliphatic rings. The number of likely N-dealkylation sites (N-methyl/N-ethyl adjacent to an activating group) is 1. The zero-order valence-electron chi connectivity index (χ0n) is 27.8. The average Bonchev–Trinajstić information content (AvgIpc) is 3.53. The maximum absolute atomic E-state index is 14.1. The summed E-state index contributed by atoms with van der Waals surface area (Å²) in [6.45, 7) is 9.45. The van der Waals surface area contributed by atoms with E-state index in [1.54, 1.807) is 62.4 Å². The molecule has 3 heterocycles. The highest BCUT2D eigenvalue weighted by Gasteiger charge is 2.35. The van der Waals surface area contributed by atoms with Crippen LogP contribution in [0.1, 0.15) is 61.3 Å². The number of carboxylic acids is 1. The van der Waals surface area contributed by atoms with Crippen LogP contribution in [-0.4, -0.2) is 70.4 Å². The molecule has 6 rings (SSSR count). The number of aromatic nitrogens is 1. The van der Waals surface area contributed by atoms with Gasteiger partial charge in [0.1, 0.15) is 0 Å². The number of aryl methyl sites for hydroxylation is 1. The number of carboxylic acid groups (broad SMARTS) is 1. The van der Waals surface area contributed by atoms with Gasteiger partial charge in [-0.25, -0.2) is 4.79 Å². The van der Waals surface area contributed by atoms with Crippen molar-refractivity contribution in [2.45, 2.75) is 33.5 Å². The van der Waals surface area contributed by atoms with E-state index in [1.807, 2.05) is 4.90 Å². The zero-order chi connectivity index (χ0) is 35.7. The van der Waals surface area contributed by atoms with Gasteiger partial charge in [0, 0.05) is 72.3 Å². The van der Waals surface area contributed by atoms with E-state index in [0.29, 0.717) is 63.9 Å². The van der Waals surface area contributed by atoms with Crippen molar-refractivity contribution >= 4 is 52.2 Å². The third kappa shape index (κ3) is 7.28. The number of halogens is 3. The van der Waals surface area contributed by atoms with Gasteiger partial charge < -0.3 is 30.9 Å². The molecule has 2 amide bonds. The second-order valence-electron chi connectivity index (χ2n) is 12.5. The van der Waals surface area contributed by atoms with Crippen LogP contribution in [0.4, 0.5) is 35.9 Å². The van der Waals surface area contributed by atoms with Crippen molar-refractivity contribution in [2.24, 2.45) is 0 Å². The number of amides is 2. The fourth-order valence-corrected chi connectivity index (χ4v) is 6.47. The molecule has 10 nitrogen and oxygen atoms in total. The van der Waals surface area contributed by atoms with Gasteiger partial charge in [0.15, 0.2) is 0 Å². The quantitative estimate of drug-likeness (QED) is 0.120. The Morgan fingerprint density at radius 1 is 0.940 bits per heavy atom. The van der Waals surface area contributed by atoms with Gasteiger partial charge in [-0.1, -0.05) is 25.1 Å². The van der Waals surface area contributed by atoms with E-state index >= 15 is 0 Å². The van der Waals surface area contributed by atoms with Crippen molar-refractivity contribution in [3.8, 4) is 0 Å². The number of H-pyrrole nitrogens is 1. The van der Waals surface area contributed by atoms with Crippen LogP contribution < -0.4 is 16.0 Å². The lowest BCUT2D eigenvalue weighted by Crippen LogP contribution is -2.45. The number of benzene rings is 3. The van der Waals surface area contributed by atoms with Gasteiger partial charge in [0.05, 0.1) is 22.4 Å². The van der Waals surface area contributed by atoms with E-state index in [2.05, 4.69) is 32.8 Å². The lowest BCUT2D eigenvalue weighted by atomic mass is 10.0. The Morgan fingerprint density at radius 2 is 1.64 bits per heavy atom. The Labute approximate surface area is 287 Å². The molecular formula is C37H37F3N6O4.